The fourth-order valence-corrected chi connectivity index (χ4v) is 9.91. The van der Waals surface area contributed by atoms with Gasteiger partial charge in [-0.05, 0) is 103 Å². The number of benzene rings is 3. The minimum atomic E-state index is -3.78. The van der Waals surface area contributed by atoms with Gasteiger partial charge in [-0.3, -0.25) is 14.4 Å². The molecule has 5 amide bonds. The van der Waals surface area contributed by atoms with Gasteiger partial charge in [0.25, 0.3) is 0 Å². The van der Waals surface area contributed by atoms with Gasteiger partial charge in [0.1, 0.15) is 12.4 Å². The summed E-state index contributed by atoms with van der Waals surface area (Å²) in [4.78, 5) is 70.6. The van der Waals surface area contributed by atoms with Crippen LogP contribution in [0.15, 0.2) is 76.1 Å². The van der Waals surface area contributed by atoms with Crippen LogP contribution < -0.4 is 33.2 Å². The summed E-state index contributed by atoms with van der Waals surface area (Å²) in [5.74, 6) is -0.656. The fourth-order valence-electron chi connectivity index (χ4n) is 8.27. The second-order valence-corrected chi connectivity index (χ2v) is 20.3. The van der Waals surface area contributed by atoms with Gasteiger partial charge in [0, 0.05) is 75.8 Å². The van der Waals surface area contributed by atoms with Gasteiger partial charge in [-0.1, -0.05) is 70.2 Å². The van der Waals surface area contributed by atoms with Gasteiger partial charge in [0.2, 0.25) is 21.8 Å². The number of hydrogen-bond donors (Lipinski definition) is 7. The minimum absolute atomic E-state index is 0.00763. The molecule has 1 fully saturated rings. The predicted molar refractivity (Wildman–Crippen MR) is 270 cm³/mol. The highest BCUT2D eigenvalue weighted by molar-refractivity contribution is 7.89. The lowest BCUT2D eigenvalue weighted by Gasteiger charge is -2.36. The van der Waals surface area contributed by atoms with Crippen molar-refractivity contribution in [1.29, 1.82) is 0 Å². The fraction of sp³-hybridized carbons (Fsp3) is 0.490. The number of hydrogen-bond acceptors (Lipinski definition) is 12. The number of primary amides is 1. The number of rotatable bonds is 26. The summed E-state index contributed by atoms with van der Waals surface area (Å²) in [6.07, 6.45) is 5.59. The Morgan fingerprint density at radius 3 is 2.26 bits per heavy atom. The summed E-state index contributed by atoms with van der Waals surface area (Å²) < 4.78 is 33.9. The monoisotopic (exact) mass is 986 g/mol. The molecule has 0 spiro atoms. The molecule has 0 aromatic heterocycles. The van der Waals surface area contributed by atoms with Gasteiger partial charge in [0.05, 0.1) is 22.7 Å². The second kappa shape index (κ2) is 26.2. The second-order valence-electron chi connectivity index (χ2n) is 18.4. The zero-order valence-corrected chi connectivity index (χ0v) is 41.7. The van der Waals surface area contributed by atoms with Crippen LogP contribution in [0.5, 0.6) is 0 Å². The lowest BCUT2D eigenvalue weighted by atomic mass is 9.93. The van der Waals surface area contributed by atoms with Gasteiger partial charge >= 0.3 is 12.1 Å². The largest absolute Gasteiger partial charge is 0.445 e. The maximum absolute atomic E-state index is 13.9. The summed E-state index contributed by atoms with van der Waals surface area (Å²) in [7, 11) is -3.78. The van der Waals surface area contributed by atoms with Crippen LogP contribution in [-0.4, -0.2) is 116 Å². The molecule has 10 N–H and O–H groups in total. The molecule has 380 valence electrons. The maximum atomic E-state index is 13.9. The molecule has 0 bridgehead atoms. The lowest BCUT2D eigenvalue weighted by Crippen LogP contribution is -2.51. The Labute approximate surface area is 411 Å². The maximum Gasteiger partial charge on any atom is 0.407 e. The summed E-state index contributed by atoms with van der Waals surface area (Å²) in [5.41, 5.74) is 23.2. The highest BCUT2D eigenvalue weighted by atomic mass is 32.2. The number of urea groups is 1. The number of fused-ring (bicyclic) bond motifs is 1. The van der Waals surface area contributed by atoms with Crippen molar-refractivity contribution in [1.82, 2.24) is 25.2 Å². The molecular weight excluding hydrogens is 915 g/mol. The summed E-state index contributed by atoms with van der Waals surface area (Å²) in [6.45, 7) is 9.93. The molecule has 70 heavy (non-hydrogen) atoms. The molecule has 2 heterocycles. The smallest absolute Gasteiger partial charge is 0.407 e. The number of unbranched alkanes of at least 4 members (excludes halogenated alkanes) is 1. The van der Waals surface area contributed by atoms with Crippen LogP contribution in [0, 0.1) is 11.8 Å². The zero-order valence-electron chi connectivity index (χ0n) is 40.9. The van der Waals surface area contributed by atoms with Crippen LogP contribution in [0.2, 0.25) is 0 Å². The van der Waals surface area contributed by atoms with E-state index in [9.17, 15) is 37.5 Å². The van der Waals surface area contributed by atoms with Gasteiger partial charge in [-0.25, -0.2) is 23.0 Å². The van der Waals surface area contributed by atoms with Gasteiger partial charge < -0.3 is 47.9 Å². The number of Topliss-reactive ketones (excluding diaryl/α,β-unsaturated/α-hetero) is 1. The van der Waals surface area contributed by atoms with E-state index in [1.54, 1.807) is 42.5 Å². The Hall–Kier alpha value is -6.15. The van der Waals surface area contributed by atoms with E-state index >= 15 is 0 Å². The van der Waals surface area contributed by atoms with Crippen molar-refractivity contribution in [2.75, 3.05) is 45.9 Å². The number of aryl methyl sites for hydroxylation is 1. The van der Waals surface area contributed by atoms with E-state index in [1.165, 1.54) is 4.31 Å². The van der Waals surface area contributed by atoms with E-state index < -0.39 is 40.1 Å². The number of nitrogens with one attached hydrogen (secondary N) is 3. The van der Waals surface area contributed by atoms with Crippen molar-refractivity contribution >= 4 is 57.3 Å². The number of aliphatic imine (C=N–C) groups is 1. The number of aliphatic hydroxyl groups excluding tert-OH is 1. The van der Waals surface area contributed by atoms with Gasteiger partial charge in [-0.2, -0.15) is 4.31 Å². The van der Waals surface area contributed by atoms with E-state index in [0.29, 0.717) is 79.1 Å². The van der Waals surface area contributed by atoms with Crippen LogP contribution in [-0.2, 0) is 48.6 Å². The van der Waals surface area contributed by atoms with Crippen molar-refractivity contribution in [3.05, 3.63) is 88.5 Å². The number of amidine groups is 1. The number of sulfonamides is 1. The molecule has 18 nitrogen and oxygen atoms in total. The van der Waals surface area contributed by atoms with Crippen molar-refractivity contribution < 1.29 is 42.2 Å². The molecule has 1 saturated heterocycles. The average Bonchev–Trinajstić information content (AvgIpc) is 3.49. The van der Waals surface area contributed by atoms with E-state index in [-0.39, 0.29) is 80.5 Å². The molecule has 3 aromatic carbocycles. The summed E-state index contributed by atoms with van der Waals surface area (Å²) in [6, 6.07) is 15.4. The normalized spacial score (nSPS) is 14.8. The molecule has 0 saturated carbocycles. The van der Waals surface area contributed by atoms with E-state index in [4.69, 9.17) is 26.9 Å². The van der Waals surface area contributed by atoms with Gasteiger partial charge in [0.15, 0.2) is 5.78 Å². The summed E-state index contributed by atoms with van der Waals surface area (Å²) >= 11 is 0. The number of nitrogens with two attached hydrogens (primary N) is 3. The molecule has 19 heteroatoms. The number of alkyl carbamates (subject to hydrolysis) is 1. The first-order valence-corrected chi connectivity index (χ1v) is 25.7. The van der Waals surface area contributed by atoms with Gasteiger partial charge in [-0.15, -0.1) is 0 Å². The van der Waals surface area contributed by atoms with Crippen LogP contribution in [0.25, 0.3) is 17.2 Å². The highest BCUT2D eigenvalue weighted by Gasteiger charge is 2.36. The Morgan fingerprint density at radius 1 is 0.914 bits per heavy atom. The Bertz CT molecular complexity index is 2480. The third-order valence-corrected chi connectivity index (χ3v) is 14.2. The first kappa shape index (κ1) is 54.8. The number of carbonyl (C=O) groups excluding carboxylic acids is 5. The van der Waals surface area contributed by atoms with Crippen LogP contribution in [0.3, 0.4) is 0 Å². The zero-order chi connectivity index (χ0) is 51.0. The van der Waals surface area contributed by atoms with Crippen molar-refractivity contribution in [3.63, 3.8) is 0 Å². The van der Waals surface area contributed by atoms with E-state index in [1.807, 2.05) is 56.9 Å². The molecule has 0 unspecified atom stereocenters. The summed E-state index contributed by atoms with van der Waals surface area (Å²) in [5, 5.41) is 17.5. The molecule has 2 atom stereocenters. The SMILES string of the molecule is CCCN(CCC)C(=O)C1=Cc2c(CCCCNC(=O)OCc3ccc(CC(=O)[C@H](CCCNC(N)=O)NC(=O)[C@@H](N)C(C)C)cc3)cc(-c3cccc(S(=O)(=O)N4CC(CO)C4)c3)cc2N=C(N)C1. The Balaban J connectivity index is 1.22. The van der Waals surface area contributed by atoms with Crippen molar-refractivity contribution in [2.24, 2.45) is 34.0 Å². The number of nitrogens with zero attached hydrogens (tertiary/aromatic N) is 3. The number of ether oxygens (including phenoxy) is 1. The molecule has 0 radical (unpaired) electrons. The quantitative estimate of drug-likeness (QED) is 0.0543. The molecule has 2 aliphatic rings. The number of carbonyl (C=O) groups is 5. The number of ketones is 1. The van der Waals surface area contributed by atoms with Crippen LogP contribution in [0.4, 0.5) is 15.3 Å². The predicted octanol–water partition coefficient (Wildman–Crippen LogP) is 4.67. The Morgan fingerprint density at radius 2 is 1.60 bits per heavy atom. The number of amides is 5. The Kier molecular flexibility index (Phi) is 20.5. The highest BCUT2D eigenvalue weighted by Crippen LogP contribution is 2.37. The van der Waals surface area contributed by atoms with Crippen molar-refractivity contribution in [3.8, 4) is 11.1 Å². The standard InChI is InChI=1S/C51H71N9O9S/c1-5-21-59(22-6-2)49(64)40-26-42-38(24-39(27-44(42)57-46(52)28-40)37-12-9-13-41(25-37)70(67,68)60-29-36(30-60)31-61)11-7-8-19-56-51(66)69-32-35-17-15-34(16-18-35)23-45(62)43(14-10-20-55-50(54)65)58-48(63)47(53)33(3)4/h9,12-13,15-18,24-27,33,36,43,47,61H,5-8,10-11,14,19-23,28-32,53H2,1-4H3,(H2,52,57)(H,56,66)(H,58,63)(H3,54,55,65)/t43-,47-/m0/s1. The third kappa shape index (κ3) is 15.4. The van der Waals surface area contributed by atoms with E-state index in [0.717, 1.165) is 29.5 Å². The molecule has 5 rings (SSSR count). The third-order valence-electron chi connectivity index (χ3n) is 12.3. The molecule has 0 aliphatic carbocycles. The lowest BCUT2D eigenvalue weighted by molar-refractivity contribution is -0.129. The molecule has 3 aromatic rings. The van der Waals surface area contributed by atoms with Crippen molar-refractivity contribution in [2.45, 2.75) is 109 Å². The first-order chi connectivity index (χ1) is 33.4. The minimum Gasteiger partial charge on any atom is -0.445 e. The van der Waals surface area contributed by atoms with E-state index in [2.05, 4.69) is 16.0 Å². The topological polar surface area (TPSA) is 282 Å². The molecule has 2 aliphatic heterocycles. The first-order valence-electron chi connectivity index (χ1n) is 24.3. The molecular formula is C51H71N9O9S. The van der Waals surface area contributed by atoms with Crippen LogP contribution >= 0.6 is 0 Å². The number of aliphatic hydroxyl groups is 1. The van der Waals surface area contributed by atoms with Crippen LogP contribution in [0.1, 0.15) is 94.9 Å². The average molecular weight is 986 g/mol.